The molecule has 2 amide bonds. The molecule has 1 fully saturated rings. The summed E-state index contributed by atoms with van der Waals surface area (Å²) in [4.78, 5) is 27.1. The molecule has 9 heteroatoms. The fraction of sp³-hybridized carbons (Fsp3) is 0.440. The molecule has 0 saturated carbocycles. The van der Waals surface area contributed by atoms with E-state index in [1.807, 2.05) is 0 Å². The molecule has 0 atom stereocenters. The van der Waals surface area contributed by atoms with Crippen molar-refractivity contribution in [1.29, 1.82) is 0 Å². The lowest BCUT2D eigenvalue weighted by molar-refractivity contribution is -0.126. The number of methoxy groups -OCH3 is 3. The second-order valence-corrected chi connectivity index (χ2v) is 8.17. The molecule has 1 aliphatic heterocycles. The van der Waals surface area contributed by atoms with Crippen molar-refractivity contribution in [3.05, 3.63) is 47.8 Å². The van der Waals surface area contributed by atoms with Crippen molar-refractivity contribution in [2.75, 3.05) is 46.3 Å². The van der Waals surface area contributed by atoms with Gasteiger partial charge in [-0.2, -0.15) is 0 Å². The Morgan fingerprint density at radius 2 is 1.62 bits per heavy atom. The highest BCUT2D eigenvalue weighted by Crippen LogP contribution is 2.39. The summed E-state index contributed by atoms with van der Waals surface area (Å²) in [5.74, 6) is 0.961. The molecule has 2 aromatic carbocycles. The summed E-state index contributed by atoms with van der Waals surface area (Å²) in [6.07, 6.45) is 1.81. The number of ether oxygens (including phenoxy) is 3. The summed E-state index contributed by atoms with van der Waals surface area (Å²) < 4.78 is 28.9. The maximum absolute atomic E-state index is 13.0. The number of carbonyl (C=O) groups excluding carboxylic acids is 2. The first-order valence-corrected chi connectivity index (χ1v) is 11.3. The molecule has 34 heavy (non-hydrogen) atoms. The highest BCUT2D eigenvalue weighted by atomic mass is 19.1. The molecule has 8 nitrogen and oxygen atoms in total. The highest BCUT2D eigenvalue weighted by molar-refractivity contribution is 5.91. The van der Waals surface area contributed by atoms with Crippen molar-refractivity contribution in [2.45, 2.75) is 25.8 Å². The van der Waals surface area contributed by atoms with Gasteiger partial charge in [0, 0.05) is 43.2 Å². The van der Waals surface area contributed by atoms with Gasteiger partial charge in [-0.15, -0.1) is 0 Å². The molecular weight excluding hydrogens is 441 g/mol. The number of hydrogen-bond acceptors (Lipinski definition) is 6. The summed E-state index contributed by atoms with van der Waals surface area (Å²) >= 11 is 0. The van der Waals surface area contributed by atoms with Crippen LogP contribution < -0.4 is 24.8 Å². The van der Waals surface area contributed by atoms with Gasteiger partial charge in [-0.3, -0.25) is 9.59 Å². The largest absolute Gasteiger partial charge is 0.493 e. The third kappa shape index (κ3) is 6.84. The van der Waals surface area contributed by atoms with Gasteiger partial charge in [-0.25, -0.2) is 4.39 Å². The standard InChI is InChI=1S/C25H32FN3O5/c1-32-21-14-20(15-22(33-2)24(21)34-3)28-23(30)10-13-29-11-8-18(9-12-29)25(31)27-16-17-4-6-19(26)7-5-17/h4-7,14-15,18H,8-13,16H2,1-3H3,(H,27,31)(H,28,30). The fourth-order valence-electron chi connectivity index (χ4n) is 3.99. The molecule has 2 N–H and O–H groups in total. The molecule has 0 aromatic heterocycles. The van der Waals surface area contributed by atoms with Crippen molar-refractivity contribution in [1.82, 2.24) is 10.2 Å². The Hall–Kier alpha value is -3.33. The van der Waals surface area contributed by atoms with E-state index in [1.165, 1.54) is 33.5 Å². The van der Waals surface area contributed by atoms with Gasteiger partial charge < -0.3 is 29.7 Å². The van der Waals surface area contributed by atoms with E-state index < -0.39 is 0 Å². The number of nitrogens with one attached hydrogen (secondary N) is 2. The second kappa shape index (κ2) is 12.2. The van der Waals surface area contributed by atoms with Gasteiger partial charge in [0.25, 0.3) is 0 Å². The average Bonchev–Trinajstić information content (AvgIpc) is 2.86. The van der Waals surface area contributed by atoms with Crippen LogP contribution in [0.25, 0.3) is 0 Å². The minimum atomic E-state index is -0.292. The zero-order valence-electron chi connectivity index (χ0n) is 19.9. The van der Waals surface area contributed by atoms with E-state index in [-0.39, 0.29) is 23.5 Å². The van der Waals surface area contributed by atoms with Crippen LogP contribution in [0.4, 0.5) is 10.1 Å². The maximum atomic E-state index is 13.0. The average molecular weight is 474 g/mol. The van der Waals surface area contributed by atoms with Crippen LogP contribution in [0, 0.1) is 11.7 Å². The number of halogens is 1. The Balaban J connectivity index is 1.41. The fourth-order valence-corrected chi connectivity index (χ4v) is 3.99. The third-order valence-electron chi connectivity index (χ3n) is 5.94. The zero-order chi connectivity index (χ0) is 24.5. The normalized spacial score (nSPS) is 14.4. The number of nitrogens with zero attached hydrogens (tertiary/aromatic N) is 1. The Kier molecular flexibility index (Phi) is 9.09. The van der Waals surface area contributed by atoms with Gasteiger partial charge in [0.05, 0.1) is 21.3 Å². The summed E-state index contributed by atoms with van der Waals surface area (Å²) in [6.45, 7) is 2.51. The number of piperidine rings is 1. The minimum absolute atomic E-state index is 0.0177. The lowest BCUT2D eigenvalue weighted by Crippen LogP contribution is -2.41. The summed E-state index contributed by atoms with van der Waals surface area (Å²) in [5.41, 5.74) is 1.43. The molecule has 184 valence electrons. The van der Waals surface area contributed by atoms with Crippen LogP contribution in [0.15, 0.2) is 36.4 Å². The molecule has 1 heterocycles. The van der Waals surface area contributed by atoms with Crippen LogP contribution in [0.2, 0.25) is 0 Å². The SMILES string of the molecule is COc1cc(NC(=O)CCN2CCC(C(=O)NCc3ccc(F)cc3)CC2)cc(OC)c1OC. The molecule has 2 aromatic rings. The molecule has 0 spiro atoms. The van der Waals surface area contributed by atoms with E-state index in [0.29, 0.717) is 42.4 Å². The number of amides is 2. The van der Waals surface area contributed by atoms with Crippen molar-refractivity contribution in [3.63, 3.8) is 0 Å². The Morgan fingerprint density at radius 1 is 1.00 bits per heavy atom. The number of carbonyl (C=O) groups is 2. The first kappa shape index (κ1) is 25.3. The lowest BCUT2D eigenvalue weighted by atomic mass is 9.95. The number of anilines is 1. The topological polar surface area (TPSA) is 89.1 Å². The molecule has 0 unspecified atom stereocenters. The Morgan fingerprint density at radius 3 is 2.18 bits per heavy atom. The Bertz CT molecular complexity index is 950. The van der Waals surface area contributed by atoms with Crippen molar-refractivity contribution in [3.8, 4) is 17.2 Å². The van der Waals surface area contributed by atoms with E-state index in [1.54, 1.807) is 24.3 Å². The first-order chi connectivity index (χ1) is 16.4. The lowest BCUT2D eigenvalue weighted by Gasteiger charge is -2.31. The van der Waals surface area contributed by atoms with E-state index in [4.69, 9.17) is 14.2 Å². The van der Waals surface area contributed by atoms with Crippen LogP contribution in [-0.4, -0.2) is 57.7 Å². The number of hydrogen-bond donors (Lipinski definition) is 2. The zero-order valence-corrected chi connectivity index (χ0v) is 19.9. The Labute approximate surface area is 199 Å². The van der Waals surface area contributed by atoms with Crippen molar-refractivity contribution < 1.29 is 28.2 Å². The summed E-state index contributed by atoms with van der Waals surface area (Å²) in [6, 6.07) is 9.49. The monoisotopic (exact) mass is 473 g/mol. The number of likely N-dealkylation sites (tertiary alicyclic amines) is 1. The van der Waals surface area contributed by atoms with E-state index in [0.717, 1.165) is 31.5 Å². The molecule has 1 saturated heterocycles. The molecule has 0 radical (unpaired) electrons. The van der Waals surface area contributed by atoms with Crippen LogP contribution >= 0.6 is 0 Å². The molecular formula is C25H32FN3O5. The van der Waals surface area contributed by atoms with Gasteiger partial charge in [0.2, 0.25) is 17.6 Å². The van der Waals surface area contributed by atoms with Crippen LogP contribution in [0.1, 0.15) is 24.8 Å². The predicted octanol–water partition coefficient (Wildman–Crippen LogP) is 3.21. The molecule has 0 aliphatic carbocycles. The molecule has 1 aliphatic rings. The summed E-state index contributed by atoms with van der Waals surface area (Å²) in [7, 11) is 4.57. The van der Waals surface area contributed by atoms with Gasteiger partial charge >= 0.3 is 0 Å². The predicted molar refractivity (Wildman–Crippen MR) is 127 cm³/mol. The number of benzene rings is 2. The smallest absolute Gasteiger partial charge is 0.225 e. The van der Waals surface area contributed by atoms with Gasteiger partial charge in [-0.1, -0.05) is 12.1 Å². The van der Waals surface area contributed by atoms with E-state index in [2.05, 4.69) is 15.5 Å². The van der Waals surface area contributed by atoms with Crippen LogP contribution in [0.3, 0.4) is 0 Å². The third-order valence-corrected chi connectivity index (χ3v) is 5.94. The summed E-state index contributed by atoms with van der Waals surface area (Å²) in [5, 5.41) is 5.81. The van der Waals surface area contributed by atoms with E-state index >= 15 is 0 Å². The highest BCUT2D eigenvalue weighted by Gasteiger charge is 2.25. The first-order valence-electron chi connectivity index (χ1n) is 11.3. The number of rotatable bonds is 10. The quantitative estimate of drug-likeness (QED) is 0.551. The van der Waals surface area contributed by atoms with Crippen LogP contribution in [0.5, 0.6) is 17.2 Å². The van der Waals surface area contributed by atoms with Gasteiger partial charge in [0.15, 0.2) is 11.5 Å². The van der Waals surface area contributed by atoms with Crippen molar-refractivity contribution in [2.24, 2.45) is 5.92 Å². The van der Waals surface area contributed by atoms with Crippen molar-refractivity contribution >= 4 is 17.5 Å². The minimum Gasteiger partial charge on any atom is -0.493 e. The van der Waals surface area contributed by atoms with Crippen LogP contribution in [-0.2, 0) is 16.1 Å². The maximum Gasteiger partial charge on any atom is 0.225 e. The second-order valence-electron chi connectivity index (χ2n) is 8.17. The molecule has 0 bridgehead atoms. The van der Waals surface area contributed by atoms with Gasteiger partial charge in [0.1, 0.15) is 5.82 Å². The van der Waals surface area contributed by atoms with Gasteiger partial charge in [-0.05, 0) is 43.6 Å². The van der Waals surface area contributed by atoms with E-state index in [9.17, 15) is 14.0 Å². The molecule has 3 rings (SSSR count).